The number of rotatable bonds is 5. The predicted molar refractivity (Wildman–Crippen MR) is 127 cm³/mol. The van der Waals surface area contributed by atoms with Crippen LogP contribution in [-0.4, -0.2) is 11.6 Å². The number of hydrogen-bond donors (Lipinski definition) is 0. The molecule has 4 aromatic rings. The molecule has 0 amide bonds. The minimum atomic E-state index is -0.627. The Labute approximate surface area is 188 Å². The molecule has 5 rings (SSSR count). The highest BCUT2D eigenvalue weighted by molar-refractivity contribution is 6.14. The Bertz CT molecular complexity index is 1260. The Morgan fingerprint density at radius 3 is 2.03 bits per heavy atom. The maximum atomic E-state index is 13.9. The number of carbonyl (C=O) groups is 2. The molecule has 0 fully saturated rings. The van der Waals surface area contributed by atoms with E-state index in [-0.39, 0.29) is 11.6 Å². The van der Waals surface area contributed by atoms with E-state index in [4.69, 9.17) is 0 Å². The highest BCUT2D eigenvalue weighted by Crippen LogP contribution is 2.46. The fourth-order valence-electron chi connectivity index (χ4n) is 4.50. The van der Waals surface area contributed by atoms with E-state index in [0.717, 1.165) is 22.4 Å². The number of benzene rings is 4. The van der Waals surface area contributed by atoms with Gasteiger partial charge in [-0.2, -0.15) is 0 Å². The summed E-state index contributed by atoms with van der Waals surface area (Å²) in [6.45, 7) is 2.03. The van der Waals surface area contributed by atoms with E-state index in [9.17, 15) is 9.59 Å². The maximum absolute atomic E-state index is 13.9. The average molecular weight is 418 g/mol. The number of fused-ring (bicyclic) bond motifs is 1. The first-order chi connectivity index (χ1) is 15.6. The van der Waals surface area contributed by atoms with Crippen molar-refractivity contribution < 1.29 is 9.59 Å². The molecule has 0 aromatic heterocycles. The van der Waals surface area contributed by atoms with Crippen LogP contribution in [0.3, 0.4) is 0 Å². The minimum Gasteiger partial charge on any atom is -0.342 e. The van der Waals surface area contributed by atoms with Crippen molar-refractivity contribution in [2.75, 3.05) is 4.90 Å². The molecule has 3 heteroatoms. The van der Waals surface area contributed by atoms with Gasteiger partial charge in [-0.1, -0.05) is 103 Å². The second-order valence-corrected chi connectivity index (χ2v) is 8.15. The number of para-hydroxylation sites is 1. The Morgan fingerprint density at radius 1 is 0.750 bits per heavy atom. The third-order valence-electron chi connectivity index (χ3n) is 6.07. The van der Waals surface area contributed by atoms with Crippen LogP contribution in [0.2, 0.25) is 0 Å². The molecule has 2 atom stereocenters. The summed E-state index contributed by atoms with van der Waals surface area (Å²) in [6.07, 6.45) is 0. The topological polar surface area (TPSA) is 37.4 Å². The minimum absolute atomic E-state index is 0.0197. The molecule has 0 spiro atoms. The number of Topliss-reactive ketones (excluding diaryl/α,β-unsaturated/α-hetero) is 2. The Kier molecular flexibility index (Phi) is 5.16. The van der Waals surface area contributed by atoms with Crippen LogP contribution < -0.4 is 4.90 Å². The normalized spacial score (nSPS) is 16.0. The summed E-state index contributed by atoms with van der Waals surface area (Å²) < 4.78 is 0. The molecule has 1 aliphatic rings. The van der Waals surface area contributed by atoms with E-state index in [0.29, 0.717) is 11.1 Å². The number of anilines is 1. The van der Waals surface area contributed by atoms with Crippen LogP contribution >= 0.6 is 0 Å². The summed E-state index contributed by atoms with van der Waals surface area (Å²) in [5.74, 6) is -0.00957. The Morgan fingerprint density at radius 2 is 1.34 bits per heavy atom. The predicted octanol–water partition coefficient (Wildman–Crippen LogP) is 6.36. The smallest absolute Gasteiger partial charge is 0.191 e. The van der Waals surface area contributed by atoms with E-state index in [1.807, 2.05) is 121 Å². The van der Waals surface area contributed by atoms with Crippen LogP contribution in [-0.2, 0) is 0 Å². The number of ketones is 2. The second kappa shape index (κ2) is 8.27. The first kappa shape index (κ1) is 20.0. The van der Waals surface area contributed by atoms with E-state index in [2.05, 4.69) is 0 Å². The van der Waals surface area contributed by atoms with Crippen molar-refractivity contribution >= 4 is 17.3 Å². The third-order valence-corrected chi connectivity index (χ3v) is 6.07. The molecule has 32 heavy (non-hydrogen) atoms. The fraction of sp³-hybridized carbons (Fsp3) is 0.103. The largest absolute Gasteiger partial charge is 0.342 e. The zero-order valence-electron chi connectivity index (χ0n) is 17.8. The lowest BCUT2D eigenvalue weighted by Gasteiger charge is -2.34. The summed E-state index contributed by atoms with van der Waals surface area (Å²) >= 11 is 0. The zero-order valence-corrected chi connectivity index (χ0v) is 17.8. The molecule has 0 radical (unpaired) electrons. The van der Waals surface area contributed by atoms with E-state index in [1.54, 1.807) is 0 Å². The van der Waals surface area contributed by atoms with Crippen molar-refractivity contribution in [1.82, 2.24) is 0 Å². The van der Waals surface area contributed by atoms with Crippen molar-refractivity contribution in [2.24, 2.45) is 0 Å². The summed E-state index contributed by atoms with van der Waals surface area (Å²) in [5.41, 5.74) is 4.95. The molecule has 0 saturated heterocycles. The quantitative estimate of drug-likeness (QED) is 0.354. The SMILES string of the molecule is Cc1ccc(C2C(=O)c3ccccc3N2C(C(=O)c2ccccc2)c2ccccc2)cc1. The van der Waals surface area contributed by atoms with Gasteiger partial charge in [-0.05, 0) is 30.2 Å². The maximum Gasteiger partial charge on any atom is 0.191 e. The molecule has 156 valence electrons. The van der Waals surface area contributed by atoms with Crippen molar-refractivity contribution in [3.8, 4) is 0 Å². The van der Waals surface area contributed by atoms with Gasteiger partial charge in [0.1, 0.15) is 12.1 Å². The zero-order chi connectivity index (χ0) is 22.1. The van der Waals surface area contributed by atoms with Crippen LogP contribution in [0.4, 0.5) is 5.69 Å². The molecule has 0 bridgehead atoms. The van der Waals surface area contributed by atoms with Crippen molar-refractivity contribution in [2.45, 2.75) is 19.0 Å². The number of aryl methyl sites for hydroxylation is 1. The second-order valence-electron chi connectivity index (χ2n) is 8.15. The monoisotopic (exact) mass is 417 g/mol. The van der Waals surface area contributed by atoms with Gasteiger partial charge in [0, 0.05) is 16.8 Å². The van der Waals surface area contributed by atoms with Gasteiger partial charge in [0.2, 0.25) is 0 Å². The molecule has 4 aromatic carbocycles. The lowest BCUT2D eigenvalue weighted by molar-refractivity contribution is 0.0934. The van der Waals surface area contributed by atoms with E-state index in [1.165, 1.54) is 0 Å². The van der Waals surface area contributed by atoms with Crippen LogP contribution in [0.5, 0.6) is 0 Å². The fourth-order valence-corrected chi connectivity index (χ4v) is 4.50. The lowest BCUT2D eigenvalue weighted by Crippen LogP contribution is -2.36. The number of nitrogens with zero attached hydrogens (tertiary/aromatic N) is 1. The highest BCUT2D eigenvalue weighted by atomic mass is 16.1. The van der Waals surface area contributed by atoms with Gasteiger partial charge in [-0.3, -0.25) is 9.59 Å². The van der Waals surface area contributed by atoms with Crippen LogP contribution in [0.1, 0.15) is 49.5 Å². The van der Waals surface area contributed by atoms with E-state index >= 15 is 0 Å². The summed E-state index contributed by atoms with van der Waals surface area (Å²) in [5, 5.41) is 0. The highest BCUT2D eigenvalue weighted by Gasteiger charge is 2.44. The van der Waals surface area contributed by atoms with Gasteiger partial charge in [0.25, 0.3) is 0 Å². The third kappa shape index (κ3) is 3.42. The van der Waals surface area contributed by atoms with E-state index < -0.39 is 12.1 Å². The molecular formula is C29H23NO2. The first-order valence-electron chi connectivity index (χ1n) is 10.8. The molecule has 0 aliphatic carbocycles. The van der Waals surface area contributed by atoms with Crippen molar-refractivity contribution in [1.29, 1.82) is 0 Å². The van der Waals surface area contributed by atoms with Gasteiger partial charge >= 0.3 is 0 Å². The molecular weight excluding hydrogens is 394 g/mol. The summed E-state index contributed by atoms with van der Waals surface area (Å²) in [4.78, 5) is 29.6. The molecule has 0 saturated carbocycles. The number of carbonyl (C=O) groups excluding carboxylic acids is 2. The van der Waals surface area contributed by atoms with Crippen molar-refractivity contribution in [3.63, 3.8) is 0 Å². The molecule has 1 heterocycles. The van der Waals surface area contributed by atoms with Crippen LogP contribution in [0.15, 0.2) is 109 Å². The summed E-state index contributed by atoms with van der Waals surface area (Å²) in [6, 6.07) is 33.5. The molecule has 1 aliphatic heterocycles. The molecule has 0 N–H and O–H groups in total. The molecule has 2 unspecified atom stereocenters. The standard InChI is InChI=1S/C29H23NO2/c1-20-16-18-22(19-17-20)27-29(32)24-14-8-9-15-25(24)30(27)26(21-10-4-2-5-11-21)28(31)23-12-6-3-7-13-23/h2-19,26-27H,1H3. The Hall–Kier alpha value is -3.98. The van der Waals surface area contributed by atoms with Crippen LogP contribution in [0.25, 0.3) is 0 Å². The lowest BCUT2D eigenvalue weighted by atomic mass is 9.93. The number of hydrogen-bond acceptors (Lipinski definition) is 3. The van der Waals surface area contributed by atoms with Gasteiger partial charge in [0.05, 0.1) is 0 Å². The average Bonchev–Trinajstić information content (AvgIpc) is 3.13. The molecule has 3 nitrogen and oxygen atoms in total. The summed E-state index contributed by atoms with van der Waals surface area (Å²) in [7, 11) is 0. The van der Waals surface area contributed by atoms with Gasteiger partial charge in [-0.15, -0.1) is 0 Å². The van der Waals surface area contributed by atoms with Gasteiger partial charge in [0.15, 0.2) is 11.6 Å². The Balaban J connectivity index is 1.72. The van der Waals surface area contributed by atoms with Crippen molar-refractivity contribution in [3.05, 3.63) is 137 Å². The van der Waals surface area contributed by atoms with Gasteiger partial charge in [-0.25, -0.2) is 0 Å². The first-order valence-corrected chi connectivity index (χ1v) is 10.8. The van der Waals surface area contributed by atoms with Gasteiger partial charge < -0.3 is 4.90 Å². The van der Waals surface area contributed by atoms with Crippen LogP contribution in [0, 0.1) is 6.92 Å².